The summed E-state index contributed by atoms with van der Waals surface area (Å²) >= 11 is 0. The Morgan fingerprint density at radius 1 is 1.12 bits per heavy atom. The van der Waals surface area contributed by atoms with E-state index in [2.05, 4.69) is 15.5 Å². The van der Waals surface area contributed by atoms with Gasteiger partial charge in [0.1, 0.15) is 5.82 Å². The molecule has 0 aliphatic heterocycles. The molecule has 2 amide bonds. The van der Waals surface area contributed by atoms with Gasteiger partial charge in [-0.05, 0) is 37.1 Å². The number of hydrogen-bond acceptors (Lipinski definition) is 5. The molecule has 3 N–H and O–H groups in total. The average Bonchev–Trinajstić information content (AvgIpc) is 3.18. The van der Waals surface area contributed by atoms with Crippen molar-refractivity contribution in [3.8, 4) is 11.3 Å². The van der Waals surface area contributed by atoms with Crippen LogP contribution in [0.15, 0.2) is 65.2 Å². The number of halogens is 1. The number of fused-ring (bicyclic) bond motifs is 1. The zero-order chi connectivity index (χ0) is 22.7. The number of amides is 2. The second-order valence-corrected chi connectivity index (χ2v) is 7.51. The van der Waals surface area contributed by atoms with E-state index in [1.807, 2.05) is 30.3 Å². The fourth-order valence-electron chi connectivity index (χ4n) is 3.52. The van der Waals surface area contributed by atoms with Crippen molar-refractivity contribution in [2.24, 2.45) is 11.7 Å². The number of carbonyl (C=O) groups excluding carboxylic acids is 2. The van der Waals surface area contributed by atoms with Crippen LogP contribution in [0, 0.1) is 18.7 Å². The molecule has 162 valence electrons. The maximum Gasteiger partial charge on any atom is 0.259 e. The van der Waals surface area contributed by atoms with Crippen molar-refractivity contribution in [3.05, 3.63) is 83.3 Å². The van der Waals surface area contributed by atoms with Crippen LogP contribution in [0.1, 0.15) is 21.6 Å². The van der Waals surface area contributed by atoms with Crippen molar-refractivity contribution in [1.82, 2.24) is 15.5 Å². The summed E-state index contributed by atoms with van der Waals surface area (Å²) in [5.41, 5.74) is 8.81. The van der Waals surface area contributed by atoms with E-state index < -0.39 is 17.7 Å². The van der Waals surface area contributed by atoms with E-state index in [0.717, 1.165) is 11.1 Å². The van der Waals surface area contributed by atoms with Crippen LogP contribution in [-0.4, -0.2) is 28.5 Å². The van der Waals surface area contributed by atoms with Crippen LogP contribution in [0.5, 0.6) is 0 Å². The van der Waals surface area contributed by atoms with Gasteiger partial charge in [-0.15, -0.1) is 0 Å². The minimum atomic E-state index is -0.654. The summed E-state index contributed by atoms with van der Waals surface area (Å²) in [4.78, 5) is 29.5. The van der Waals surface area contributed by atoms with Crippen molar-refractivity contribution >= 4 is 22.9 Å². The first-order chi connectivity index (χ1) is 15.4. The predicted molar refractivity (Wildman–Crippen MR) is 117 cm³/mol. The molecule has 0 fully saturated rings. The first kappa shape index (κ1) is 21.2. The Kier molecular flexibility index (Phi) is 5.93. The van der Waals surface area contributed by atoms with Crippen molar-refractivity contribution in [1.29, 1.82) is 0 Å². The highest BCUT2D eigenvalue weighted by atomic mass is 19.1. The third-order valence-corrected chi connectivity index (χ3v) is 5.24. The van der Waals surface area contributed by atoms with Gasteiger partial charge in [0.2, 0.25) is 5.91 Å². The molecule has 4 aromatic rings. The number of nitrogens with zero attached hydrogens (tertiary/aromatic N) is 2. The topological polar surface area (TPSA) is 111 Å². The van der Waals surface area contributed by atoms with Crippen molar-refractivity contribution in [2.75, 3.05) is 6.54 Å². The van der Waals surface area contributed by atoms with Crippen molar-refractivity contribution in [3.63, 3.8) is 0 Å². The van der Waals surface area contributed by atoms with Crippen LogP contribution >= 0.6 is 0 Å². The molecule has 0 saturated carbocycles. The molecule has 2 heterocycles. The Balaban J connectivity index is 1.59. The van der Waals surface area contributed by atoms with E-state index in [1.54, 1.807) is 25.1 Å². The lowest BCUT2D eigenvalue weighted by atomic mass is 9.98. The zero-order valence-corrected chi connectivity index (χ0v) is 17.3. The quantitative estimate of drug-likeness (QED) is 0.465. The van der Waals surface area contributed by atoms with Crippen LogP contribution in [0.25, 0.3) is 22.4 Å². The maximum atomic E-state index is 13.1. The molecule has 32 heavy (non-hydrogen) atoms. The molecular formula is C24H21FN4O3. The first-order valence-electron chi connectivity index (χ1n) is 10.1. The van der Waals surface area contributed by atoms with Gasteiger partial charge in [-0.3, -0.25) is 9.59 Å². The summed E-state index contributed by atoms with van der Waals surface area (Å²) in [5, 5.41) is 7.24. The van der Waals surface area contributed by atoms with E-state index in [4.69, 9.17) is 10.3 Å². The van der Waals surface area contributed by atoms with Gasteiger partial charge in [-0.25, -0.2) is 9.37 Å². The molecule has 0 saturated heterocycles. The Morgan fingerprint density at radius 3 is 2.53 bits per heavy atom. The Bertz CT molecular complexity index is 1270. The van der Waals surface area contributed by atoms with E-state index in [1.165, 1.54) is 12.1 Å². The summed E-state index contributed by atoms with van der Waals surface area (Å²) in [6.45, 7) is 1.76. The zero-order valence-electron chi connectivity index (χ0n) is 17.3. The maximum absolute atomic E-state index is 13.1. The molecule has 4 rings (SSSR count). The second-order valence-electron chi connectivity index (χ2n) is 7.51. The Labute approximate surface area is 183 Å². The molecule has 0 radical (unpaired) electrons. The molecule has 0 aliphatic rings. The van der Waals surface area contributed by atoms with E-state index >= 15 is 0 Å². The molecule has 0 spiro atoms. The largest absolute Gasteiger partial charge is 0.369 e. The third kappa shape index (κ3) is 4.49. The van der Waals surface area contributed by atoms with Gasteiger partial charge < -0.3 is 15.6 Å². The monoisotopic (exact) mass is 432 g/mol. The number of primary amides is 1. The van der Waals surface area contributed by atoms with Crippen LogP contribution in [-0.2, 0) is 11.2 Å². The van der Waals surface area contributed by atoms with Gasteiger partial charge in [0.05, 0.1) is 28.3 Å². The van der Waals surface area contributed by atoms with E-state index in [0.29, 0.717) is 22.3 Å². The molecule has 1 unspecified atom stereocenters. The molecule has 7 nitrogen and oxygen atoms in total. The number of hydrogen-bond donors (Lipinski definition) is 2. The average molecular weight is 432 g/mol. The van der Waals surface area contributed by atoms with Gasteiger partial charge in [-0.2, -0.15) is 0 Å². The minimum absolute atomic E-state index is 0.0281. The SMILES string of the molecule is Cc1noc2nc(-c3ccccc3)cc(C(=O)NCC(Cc3ccc(F)cc3)C(N)=O)c12. The molecule has 0 bridgehead atoms. The molecule has 1 atom stereocenters. The lowest BCUT2D eigenvalue weighted by Gasteiger charge is -2.15. The van der Waals surface area contributed by atoms with Crippen LogP contribution in [0.4, 0.5) is 4.39 Å². The normalized spacial score (nSPS) is 11.9. The summed E-state index contributed by atoms with van der Waals surface area (Å²) in [5.74, 6) is -1.97. The highest BCUT2D eigenvalue weighted by molar-refractivity contribution is 6.07. The number of benzene rings is 2. The predicted octanol–water partition coefficient (Wildman–Crippen LogP) is 3.41. The highest BCUT2D eigenvalue weighted by Crippen LogP contribution is 2.27. The van der Waals surface area contributed by atoms with Gasteiger partial charge in [0, 0.05) is 12.1 Å². The lowest BCUT2D eigenvalue weighted by molar-refractivity contribution is -0.121. The number of nitrogens with one attached hydrogen (secondary N) is 1. The smallest absolute Gasteiger partial charge is 0.259 e. The number of pyridine rings is 1. The van der Waals surface area contributed by atoms with Crippen LogP contribution in [0.2, 0.25) is 0 Å². The third-order valence-electron chi connectivity index (χ3n) is 5.24. The summed E-state index contributed by atoms with van der Waals surface area (Å²) < 4.78 is 18.5. The molecule has 8 heteroatoms. The fraction of sp³-hybridized carbons (Fsp3) is 0.167. The van der Waals surface area contributed by atoms with Crippen LogP contribution in [0.3, 0.4) is 0 Å². The lowest BCUT2D eigenvalue weighted by Crippen LogP contribution is -2.37. The summed E-state index contributed by atoms with van der Waals surface area (Å²) in [6.07, 6.45) is 0.281. The Hall–Kier alpha value is -4.07. The number of aryl methyl sites for hydroxylation is 1. The van der Waals surface area contributed by atoms with Gasteiger partial charge in [-0.1, -0.05) is 47.6 Å². The number of carbonyl (C=O) groups is 2. The van der Waals surface area contributed by atoms with E-state index in [-0.39, 0.29) is 24.5 Å². The first-order valence-corrected chi connectivity index (χ1v) is 10.1. The highest BCUT2D eigenvalue weighted by Gasteiger charge is 2.22. The molecule has 2 aromatic heterocycles. The Morgan fingerprint density at radius 2 is 1.84 bits per heavy atom. The molecular weight excluding hydrogens is 411 g/mol. The second kappa shape index (κ2) is 8.97. The van der Waals surface area contributed by atoms with Gasteiger partial charge >= 0.3 is 0 Å². The van der Waals surface area contributed by atoms with Gasteiger partial charge in [0.25, 0.3) is 11.6 Å². The standard InChI is InChI=1S/C24H21FN4O3/c1-14-21-19(12-20(28-24(21)32-29-14)16-5-3-2-4-6-16)23(31)27-13-17(22(26)30)11-15-7-9-18(25)10-8-15/h2-10,12,17H,11,13H2,1H3,(H2,26,30)(H,27,31). The van der Waals surface area contributed by atoms with Crippen molar-refractivity contribution < 1.29 is 18.5 Å². The van der Waals surface area contributed by atoms with Crippen molar-refractivity contribution in [2.45, 2.75) is 13.3 Å². The summed E-state index contributed by atoms with van der Waals surface area (Å²) in [7, 11) is 0. The number of rotatable bonds is 7. The fourth-order valence-corrected chi connectivity index (χ4v) is 3.52. The molecule has 2 aromatic carbocycles. The molecule has 0 aliphatic carbocycles. The minimum Gasteiger partial charge on any atom is -0.369 e. The van der Waals surface area contributed by atoms with Crippen LogP contribution < -0.4 is 11.1 Å². The number of aromatic nitrogens is 2. The van der Waals surface area contributed by atoms with E-state index in [9.17, 15) is 14.0 Å². The van der Waals surface area contributed by atoms with Gasteiger partial charge in [0.15, 0.2) is 0 Å². The number of nitrogens with two attached hydrogens (primary N) is 1. The summed E-state index contributed by atoms with van der Waals surface area (Å²) in [6, 6.07) is 16.9.